The van der Waals surface area contributed by atoms with Gasteiger partial charge in [0.1, 0.15) is 18.0 Å². The number of nitro groups is 1. The summed E-state index contributed by atoms with van der Waals surface area (Å²) in [5.41, 5.74) is -0.143. The Bertz CT molecular complexity index is 1110. The molecule has 0 saturated carbocycles. The first-order valence-corrected chi connectivity index (χ1v) is 10.3. The number of aromatic nitrogens is 3. The van der Waals surface area contributed by atoms with E-state index in [-0.39, 0.29) is 10.6 Å². The van der Waals surface area contributed by atoms with Crippen LogP contribution in [-0.2, 0) is 10.0 Å². The third kappa shape index (κ3) is 3.82. The number of benzene rings is 1. The van der Waals surface area contributed by atoms with Gasteiger partial charge in [0.15, 0.2) is 0 Å². The normalized spacial score (nSPS) is 15.4. The Kier molecular flexibility index (Phi) is 4.99. The number of sulfonamides is 1. The van der Waals surface area contributed by atoms with Gasteiger partial charge in [-0.3, -0.25) is 10.1 Å². The van der Waals surface area contributed by atoms with Crippen LogP contribution in [0.5, 0.6) is 0 Å². The highest BCUT2D eigenvalue weighted by Gasteiger charge is 2.29. The van der Waals surface area contributed by atoms with Crippen molar-refractivity contribution in [2.24, 2.45) is 0 Å². The molecule has 1 aliphatic rings. The molecule has 0 N–H and O–H groups in total. The van der Waals surface area contributed by atoms with E-state index in [4.69, 9.17) is 0 Å². The van der Waals surface area contributed by atoms with Crippen LogP contribution in [0, 0.1) is 10.1 Å². The molecule has 1 fully saturated rings. The van der Waals surface area contributed by atoms with Crippen molar-refractivity contribution in [1.29, 1.82) is 0 Å². The lowest BCUT2D eigenvalue weighted by Gasteiger charge is -2.34. The number of piperazine rings is 1. The number of hydrogen-bond acceptors (Lipinski definition) is 7. The van der Waals surface area contributed by atoms with Crippen LogP contribution in [0.25, 0.3) is 5.82 Å². The van der Waals surface area contributed by atoms with Crippen LogP contribution in [0.2, 0.25) is 0 Å². The molecule has 29 heavy (non-hydrogen) atoms. The van der Waals surface area contributed by atoms with Gasteiger partial charge in [-0.1, -0.05) is 0 Å². The van der Waals surface area contributed by atoms with Gasteiger partial charge < -0.3 is 9.47 Å². The van der Waals surface area contributed by atoms with Gasteiger partial charge in [0, 0.05) is 56.8 Å². The topological polar surface area (TPSA) is 114 Å². The Labute approximate surface area is 167 Å². The number of non-ortho nitro benzene ring substituents is 1. The van der Waals surface area contributed by atoms with E-state index in [1.54, 1.807) is 0 Å². The lowest BCUT2D eigenvalue weighted by molar-refractivity contribution is -0.384. The molecular formula is C18H18N6O4S. The van der Waals surface area contributed by atoms with Gasteiger partial charge in [0.05, 0.1) is 9.82 Å². The molecule has 10 nitrogen and oxygen atoms in total. The fourth-order valence-electron chi connectivity index (χ4n) is 3.19. The first-order chi connectivity index (χ1) is 13.9. The summed E-state index contributed by atoms with van der Waals surface area (Å²) in [6.07, 6.45) is 5.27. The maximum absolute atomic E-state index is 12.8. The highest BCUT2D eigenvalue weighted by molar-refractivity contribution is 7.89. The Morgan fingerprint density at radius 3 is 2.17 bits per heavy atom. The fraction of sp³-hybridized carbons (Fsp3) is 0.222. The van der Waals surface area contributed by atoms with Crippen molar-refractivity contribution in [3.8, 4) is 5.82 Å². The van der Waals surface area contributed by atoms with E-state index >= 15 is 0 Å². The van der Waals surface area contributed by atoms with Crippen molar-refractivity contribution in [3.05, 3.63) is 71.3 Å². The maximum atomic E-state index is 12.8. The van der Waals surface area contributed by atoms with Gasteiger partial charge in [-0.05, 0) is 24.3 Å². The van der Waals surface area contributed by atoms with Crippen LogP contribution in [0.3, 0.4) is 0 Å². The van der Waals surface area contributed by atoms with Crippen molar-refractivity contribution in [3.63, 3.8) is 0 Å². The van der Waals surface area contributed by atoms with E-state index in [9.17, 15) is 18.5 Å². The van der Waals surface area contributed by atoms with Crippen molar-refractivity contribution < 1.29 is 13.3 Å². The fourth-order valence-corrected chi connectivity index (χ4v) is 4.61. The van der Waals surface area contributed by atoms with Gasteiger partial charge >= 0.3 is 0 Å². The molecule has 0 bridgehead atoms. The van der Waals surface area contributed by atoms with Gasteiger partial charge in [0.25, 0.3) is 5.69 Å². The second-order valence-corrected chi connectivity index (χ2v) is 8.40. The molecule has 1 saturated heterocycles. The van der Waals surface area contributed by atoms with E-state index in [2.05, 4.69) is 9.97 Å². The first-order valence-electron chi connectivity index (χ1n) is 8.90. The Hall–Kier alpha value is -3.31. The molecule has 0 amide bonds. The molecule has 150 valence electrons. The molecular weight excluding hydrogens is 396 g/mol. The Morgan fingerprint density at radius 1 is 0.931 bits per heavy atom. The van der Waals surface area contributed by atoms with E-state index in [1.165, 1.54) is 34.9 Å². The van der Waals surface area contributed by atoms with Gasteiger partial charge in [-0.25, -0.2) is 18.4 Å². The lowest BCUT2D eigenvalue weighted by atomic mass is 10.3. The Balaban J connectivity index is 1.46. The second kappa shape index (κ2) is 7.60. The van der Waals surface area contributed by atoms with E-state index in [1.807, 2.05) is 40.1 Å². The largest absolute Gasteiger partial charge is 0.354 e. The first kappa shape index (κ1) is 19.0. The minimum absolute atomic E-state index is 0.0495. The zero-order valence-corrected chi connectivity index (χ0v) is 16.1. The highest BCUT2D eigenvalue weighted by atomic mass is 32.2. The summed E-state index contributed by atoms with van der Waals surface area (Å²) in [6.45, 7) is 1.55. The zero-order chi connectivity index (χ0) is 20.4. The predicted octanol–water partition coefficient (Wildman–Crippen LogP) is 1.69. The molecule has 0 spiro atoms. The minimum atomic E-state index is -3.71. The van der Waals surface area contributed by atoms with Crippen LogP contribution in [0.1, 0.15) is 0 Å². The molecule has 0 unspecified atom stereocenters. The predicted molar refractivity (Wildman–Crippen MR) is 105 cm³/mol. The lowest BCUT2D eigenvalue weighted by Crippen LogP contribution is -2.48. The molecule has 1 aromatic carbocycles. The molecule has 3 heterocycles. The van der Waals surface area contributed by atoms with Crippen molar-refractivity contribution in [1.82, 2.24) is 18.8 Å². The van der Waals surface area contributed by atoms with Crippen LogP contribution in [0.15, 0.2) is 66.1 Å². The number of anilines is 1. The van der Waals surface area contributed by atoms with Crippen LogP contribution < -0.4 is 4.90 Å². The number of nitro benzene ring substituents is 1. The summed E-state index contributed by atoms with van der Waals surface area (Å²) >= 11 is 0. The number of hydrogen-bond donors (Lipinski definition) is 0. The second-order valence-electron chi connectivity index (χ2n) is 6.47. The summed E-state index contributed by atoms with van der Waals surface area (Å²) in [6, 6.07) is 10.6. The summed E-state index contributed by atoms with van der Waals surface area (Å²) in [5.74, 6) is 1.47. The van der Waals surface area contributed by atoms with Gasteiger partial charge in [0.2, 0.25) is 10.0 Å². The quantitative estimate of drug-likeness (QED) is 0.461. The number of rotatable bonds is 5. The van der Waals surface area contributed by atoms with Crippen molar-refractivity contribution in [2.75, 3.05) is 31.1 Å². The average Bonchev–Trinajstić information content (AvgIpc) is 3.29. The standard InChI is InChI=1S/C18H18N6O4S/c25-24(26)15-3-5-16(6-4-15)29(27,28)23-11-9-22(10-12-23)18-13-17(19-14-20-18)21-7-1-2-8-21/h1-8,13-14H,9-12H2. The van der Waals surface area contributed by atoms with E-state index < -0.39 is 14.9 Å². The zero-order valence-electron chi connectivity index (χ0n) is 15.3. The number of nitrogens with zero attached hydrogens (tertiary/aromatic N) is 6. The van der Waals surface area contributed by atoms with Gasteiger partial charge in [-0.15, -0.1) is 0 Å². The molecule has 0 aliphatic carbocycles. The van der Waals surface area contributed by atoms with E-state index in [0.29, 0.717) is 26.2 Å². The van der Waals surface area contributed by atoms with Crippen LogP contribution in [0.4, 0.5) is 11.5 Å². The average molecular weight is 414 g/mol. The monoisotopic (exact) mass is 414 g/mol. The van der Waals surface area contributed by atoms with Crippen LogP contribution in [-0.4, -0.2) is 58.4 Å². The highest BCUT2D eigenvalue weighted by Crippen LogP contribution is 2.22. The molecule has 2 aromatic heterocycles. The molecule has 1 aliphatic heterocycles. The molecule has 11 heteroatoms. The summed E-state index contributed by atoms with van der Waals surface area (Å²) in [5, 5.41) is 10.8. The molecule has 4 rings (SSSR count). The molecule has 3 aromatic rings. The van der Waals surface area contributed by atoms with E-state index in [0.717, 1.165) is 11.6 Å². The smallest absolute Gasteiger partial charge is 0.269 e. The third-order valence-electron chi connectivity index (χ3n) is 4.76. The summed E-state index contributed by atoms with van der Waals surface area (Å²) in [4.78, 5) is 20.8. The van der Waals surface area contributed by atoms with Gasteiger partial charge in [-0.2, -0.15) is 4.31 Å². The third-order valence-corrected chi connectivity index (χ3v) is 6.67. The molecule has 0 radical (unpaired) electrons. The Morgan fingerprint density at radius 2 is 1.55 bits per heavy atom. The van der Waals surface area contributed by atoms with Crippen molar-refractivity contribution in [2.45, 2.75) is 4.90 Å². The SMILES string of the molecule is O=[N+]([O-])c1ccc(S(=O)(=O)N2CCN(c3cc(-n4cccc4)ncn3)CC2)cc1. The maximum Gasteiger partial charge on any atom is 0.269 e. The summed E-state index contributed by atoms with van der Waals surface area (Å²) in [7, 11) is -3.71. The van der Waals surface area contributed by atoms with Crippen molar-refractivity contribution >= 4 is 21.5 Å². The van der Waals surface area contributed by atoms with Crippen LogP contribution >= 0.6 is 0 Å². The summed E-state index contributed by atoms with van der Waals surface area (Å²) < 4.78 is 28.9. The minimum Gasteiger partial charge on any atom is -0.354 e. The molecule has 0 atom stereocenters.